The summed E-state index contributed by atoms with van der Waals surface area (Å²) in [6.07, 6.45) is -3.22. The van der Waals surface area contributed by atoms with Crippen molar-refractivity contribution in [3.8, 4) is 5.75 Å². The molecule has 0 atom stereocenters. The molecular formula is C17H15F3N2O3. The Morgan fingerprint density at radius 3 is 2.56 bits per heavy atom. The summed E-state index contributed by atoms with van der Waals surface area (Å²) in [5.41, 5.74) is -0.633. The number of ether oxygens (including phenoxy) is 1. The van der Waals surface area contributed by atoms with E-state index in [9.17, 15) is 18.0 Å². The van der Waals surface area contributed by atoms with Crippen LogP contribution in [0.5, 0.6) is 5.75 Å². The molecule has 0 heterocycles. The number of carbonyl (C=O) groups is 1. The zero-order valence-electron chi connectivity index (χ0n) is 13.2. The summed E-state index contributed by atoms with van der Waals surface area (Å²) in [6.45, 7) is -0.530. The molecule has 1 N–H and O–H groups in total. The van der Waals surface area contributed by atoms with Crippen LogP contribution in [0.15, 0.2) is 53.7 Å². The number of methoxy groups -OCH3 is 1. The van der Waals surface area contributed by atoms with Crippen molar-refractivity contribution in [2.45, 2.75) is 6.18 Å². The molecule has 0 spiro atoms. The second kappa shape index (κ2) is 8.18. The van der Waals surface area contributed by atoms with Gasteiger partial charge in [0, 0.05) is 5.56 Å². The molecule has 25 heavy (non-hydrogen) atoms. The van der Waals surface area contributed by atoms with Crippen molar-refractivity contribution in [2.24, 2.45) is 5.16 Å². The van der Waals surface area contributed by atoms with E-state index in [1.165, 1.54) is 31.5 Å². The predicted octanol–water partition coefficient (Wildman–Crippen LogP) is 3.70. The fourth-order valence-corrected chi connectivity index (χ4v) is 1.99. The van der Waals surface area contributed by atoms with E-state index in [1.54, 1.807) is 24.3 Å². The van der Waals surface area contributed by atoms with Gasteiger partial charge in [-0.15, -0.1) is 0 Å². The van der Waals surface area contributed by atoms with Crippen molar-refractivity contribution in [2.75, 3.05) is 19.0 Å². The van der Waals surface area contributed by atoms with Gasteiger partial charge >= 0.3 is 6.18 Å². The molecule has 0 bridgehead atoms. The van der Waals surface area contributed by atoms with E-state index < -0.39 is 24.3 Å². The van der Waals surface area contributed by atoms with Gasteiger partial charge in [-0.2, -0.15) is 13.2 Å². The van der Waals surface area contributed by atoms with Gasteiger partial charge in [0.15, 0.2) is 6.61 Å². The summed E-state index contributed by atoms with van der Waals surface area (Å²) < 4.78 is 43.7. The van der Waals surface area contributed by atoms with Crippen molar-refractivity contribution < 1.29 is 27.5 Å². The number of halogens is 3. The Morgan fingerprint density at radius 1 is 1.16 bits per heavy atom. The molecule has 0 saturated heterocycles. The molecule has 0 aliphatic carbocycles. The van der Waals surface area contributed by atoms with Crippen LogP contribution in [0.2, 0.25) is 0 Å². The summed E-state index contributed by atoms with van der Waals surface area (Å²) in [4.78, 5) is 16.5. The quantitative estimate of drug-likeness (QED) is 0.637. The molecule has 5 nitrogen and oxygen atoms in total. The summed E-state index contributed by atoms with van der Waals surface area (Å²) >= 11 is 0. The number of hydrogen-bond acceptors (Lipinski definition) is 4. The number of rotatable bonds is 6. The van der Waals surface area contributed by atoms with Crippen LogP contribution in [0.4, 0.5) is 18.9 Å². The van der Waals surface area contributed by atoms with Crippen molar-refractivity contribution in [3.05, 3.63) is 59.7 Å². The van der Waals surface area contributed by atoms with Gasteiger partial charge in [-0.1, -0.05) is 29.4 Å². The molecule has 1 amide bonds. The lowest BCUT2D eigenvalue weighted by Crippen LogP contribution is -2.20. The Kier molecular flexibility index (Phi) is 5.99. The largest absolute Gasteiger partial charge is 0.496 e. The van der Waals surface area contributed by atoms with Crippen molar-refractivity contribution in [3.63, 3.8) is 0 Å². The van der Waals surface area contributed by atoms with Crippen LogP contribution in [-0.4, -0.2) is 25.8 Å². The number of oxime groups is 1. The molecule has 0 saturated carbocycles. The van der Waals surface area contributed by atoms with Gasteiger partial charge in [0.1, 0.15) is 5.75 Å². The molecule has 2 aromatic rings. The normalized spacial score (nSPS) is 11.4. The number of nitrogens with zero attached hydrogens (tertiary/aromatic N) is 1. The SMILES string of the molecule is COc1ccccc1/C=N\OCC(=O)Nc1ccccc1C(F)(F)F. The molecule has 0 unspecified atom stereocenters. The van der Waals surface area contributed by atoms with Crippen LogP contribution in [0.1, 0.15) is 11.1 Å². The van der Waals surface area contributed by atoms with Crippen LogP contribution in [0.3, 0.4) is 0 Å². The van der Waals surface area contributed by atoms with Gasteiger partial charge in [-0.25, -0.2) is 0 Å². The second-order valence-corrected chi connectivity index (χ2v) is 4.84. The third kappa shape index (κ3) is 5.23. The first kappa shape index (κ1) is 18.3. The van der Waals surface area contributed by atoms with Crippen molar-refractivity contribution >= 4 is 17.8 Å². The first-order chi connectivity index (χ1) is 11.9. The summed E-state index contributed by atoms with van der Waals surface area (Å²) in [5, 5.41) is 5.77. The van der Waals surface area contributed by atoms with E-state index in [1.807, 2.05) is 0 Å². The third-order valence-corrected chi connectivity index (χ3v) is 3.11. The van der Waals surface area contributed by atoms with Gasteiger partial charge in [0.05, 0.1) is 24.6 Å². The first-order valence-electron chi connectivity index (χ1n) is 7.16. The predicted molar refractivity (Wildman–Crippen MR) is 86.6 cm³/mol. The van der Waals surface area contributed by atoms with E-state index in [4.69, 9.17) is 9.57 Å². The van der Waals surface area contributed by atoms with Crippen molar-refractivity contribution in [1.82, 2.24) is 0 Å². The maximum atomic E-state index is 12.8. The van der Waals surface area contributed by atoms with E-state index >= 15 is 0 Å². The van der Waals surface area contributed by atoms with Gasteiger partial charge in [-0.05, 0) is 24.3 Å². The highest BCUT2D eigenvalue weighted by atomic mass is 19.4. The Morgan fingerprint density at radius 2 is 1.84 bits per heavy atom. The maximum absolute atomic E-state index is 12.8. The Hall–Kier alpha value is -3.03. The van der Waals surface area contributed by atoms with Crippen LogP contribution in [0, 0.1) is 0 Å². The zero-order chi connectivity index (χ0) is 18.3. The van der Waals surface area contributed by atoms with E-state index in [0.717, 1.165) is 6.07 Å². The standard InChI is InChI=1S/C17H15F3N2O3/c1-24-15-9-5-2-6-12(15)10-21-25-11-16(23)22-14-8-4-3-7-13(14)17(18,19)20/h2-10H,11H2,1H3,(H,22,23)/b21-10-. The minimum Gasteiger partial charge on any atom is -0.496 e. The fraction of sp³-hybridized carbons (Fsp3) is 0.176. The van der Waals surface area contributed by atoms with Crippen LogP contribution in [-0.2, 0) is 15.8 Å². The zero-order valence-corrected chi connectivity index (χ0v) is 13.2. The van der Waals surface area contributed by atoms with Gasteiger partial charge in [0.25, 0.3) is 5.91 Å². The average molecular weight is 352 g/mol. The number of amides is 1. The molecule has 2 aromatic carbocycles. The second-order valence-electron chi connectivity index (χ2n) is 4.84. The number of anilines is 1. The lowest BCUT2D eigenvalue weighted by atomic mass is 10.1. The summed E-state index contributed by atoms with van der Waals surface area (Å²) in [5.74, 6) is -0.188. The van der Waals surface area contributed by atoms with Gasteiger partial charge < -0.3 is 14.9 Å². The lowest BCUT2D eigenvalue weighted by molar-refractivity contribution is -0.137. The molecule has 0 aliphatic heterocycles. The number of para-hydroxylation sites is 2. The van der Waals surface area contributed by atoms with Gasteiger partial charge in [0.2, 0.25) is 0 Å². The highest BCUT2D eigenvalue weighted by molar-refractivity contribution is 5.92. The van der Waals surface area contributed by atoms with Crippen LogP contribution in [0.25, 0.3) is 0 Å². The number of alkyl halides is 3. The van der Waals surface area contributed by atoms with Crippen molar-refractivity contribution in [1.29, 1.82) is 0 Å². The number of nitrogens with one attached hydrogen (secondary N) is 1. The van der Waals surface area contributed by atoms with Crippen LogP contribution >= 0.6 is 0 Å². The molecule has 0 aliphatic rings. The molecule has 0 aromatic heterocycles. The third-order valence-electron chi connectivity index (χ3n) is 3.11. The first-order valence-corrected chi connectivity index (χ1v) is 7.16. The number of carbonyl (C=O) groups excluding carboxylic acids is 1. The minimum absolute atomic E-state index is 0.336. The molecule has 2 rings (SSSR count). The van der Waals surface area contributed by atoms with E-state index in [0.29, 0.717) is 11.3 Å². The average Bonchev–Trinajstić information content (AvgIpc) is 2.58. The highest BCUT2D eigenvalue weighted by Crippen LogP contribution is 2.34. The smallest absolute Gasteiger partial charge is 0.418 e. The Labute approximate surface area is 142 Å². The molecular weight excluding hydrogens is 337 g/mol. The Bertz CT molecular complexity index is 761. The molecule has 0 radical (unpaired) electrons. The maximum Gasteiger partial charge on any atom is 0.418 e. The lowest BCUT2D eigenvalue weighted by Gasteiger charge is -2.13. The topological polar surface area (TPSA) is 59.9 Å². The van der Waals surface area contributed by atoms with Crippen LogP contribution < -0.4 is 10.1 Å². The van der Waals surface area contributed by atoms with E-state index in [-0.39, 0.29) is 5.69 Å². The summed E-state index contributed by atoms with van der Waals surface area (Å²) in [6, 6.07) is 11.7. The van der Waals surface area contributed by atoms with Gasteiger partial charge in [-0.3, -0.25) is 4.79 Å². The number of hydrogen-bond donors (Lipinski definition) is 1. The molecule has 8 heteroatoms. The highest BCUT2D eigenvalue weighted by Gasteiger charge is 2.33. The van der Waals surface area contributed by atoms with E-state index in [2.05, 4.69) is 10.5 Å². The molecule has 132 valence electrons. The molecule has 0 fully saturated rings. The number of benzene rings is 2. The minimum atomic E-state index is -4.56. The monoisotopic (exact) mass is 352 g/mol. The Balaban J connectivity index is 1.93. The summed E-state index contributed by atoms with van der Waals surface area (Å²) in [7, 11) is 1.50. The fourth-order valence-electron chi connectivity index (χ4n) is 1.99.